The topological polar surface area (TPSA) is 68.3 Å². The van der Waals surface area contributed by atoms with Crippen molar-refractivity contribution >= 4 is 12.1 Å². The van der Waals surface area contributed by atoms with Crippen molar-refractivity contribution in [2.45, 2.75) is 46.2 Å². The summed E-state index contributed by atoms with van der Waals surface area (Å²) in [6.45, 7) is 8.95. The molecule has 0 aromatic heterocycles. The summed E-state index contributed by atoms with van der Waals surface area (Å²) in [4.78, 5) is 27.5. The Morgan fingerprint density at radius 3 is 2.23 bits per heavy atom. The number of benzene rings is 1. The number of piperazine rings is 1. The van der Waals surface area contributed by atoms with Crippen LogP contribution in [-0.4, -0.2) is 66.6 Å². The van der Waals surface area contributed by atoms with Gasteiger partial charge in [-0.15, -0.1) is 13.2 Å². The van der Waals surface area contributed by atoms with Crippen LogP contribution in [0.2, 0.25) is 0 Å². The number of alkyl halides is 3. The lowest BCUT2D eigenvalue weighted by atomic mass is 10.1. The fourth-order valence-electron chi connectivity index (χ4n) is 2.90. The number of ether oxygens (including phenoxy) is 3. The minimum absolute atomic E-state index is 0.0189. The zero-order valence-electron chi connectivity index (χ0n) is 17.5. The van der Waals surface area contributed by atoms with Crippen molar-refractivity contribution in [3.8, 4) is 5.75 Å². The SMILES string of the molecule is CCOC(=O)c1ccc(CN2CCN(C(=O)OC(C)(C)C)CC2)c(OC(F)(F)F)c1. The molecule has 0 saturated carbocycles. The second-order valence-electron chi connectivity index (χ2n) is 7.83. The molecule has 1 aromatic carbocycles. The third-order valence-corrected chi connectivity index (χ3v) is 4.22. The number of carbonyl (C=O) groups excluding carboxylic acids is 2. The van der Waals surface area contributed by atoms with E-state index < -0.39 is 29.8 Å². The molecule has 0 aliphatic carbocycles. The zero-order valence-corrected chi connectivity index (χ0v) is 17.5. The fourth-order valence-corrected chi connectivity index (χ4v) is 2.90. The number of esters is 1. The summed E-state index contributed by atoms with van der Waals surface area (Å²) < 4.78 is 52.9. The van der Waals surface area contributed by atoms with Gasteiger partial charge in [-0.05, 0) is 39.8 Å². The lowest BCUT2D eigenvalue weighted by molar-refractivity contribution is -0.275. The van der Waals surface area contributed by atoms with Gasteiger partial charge in [0.05, 0.1) is 12.2 Å². The quantitative estimate of drug-likeness (QED) is 0.659. The Morgan fingerprint density at radius 1 is 1.07 bits per heavy atom. The minimum Gasteiger partial charge on any atom is -0.462 e. The first-order chi connectivity index (χ1) is 13.9. The van der Waals surface area contributed by atoms with Crippen LogP contribution in [0.25, 0.3) is 0 Å². The second-order valence-corrected chi connectivity index (χ2v) is 7.83. The number of halogens is 3. The van der Waals surface area contributed by atoms with E-state index in [9.17, 15) is 22.8 Å². The summed E-state index contributed by atoms with van der Waals surface area (Å²) in [6.07, 6.45) is -5.31. The van der Waals surface area contributed by atoms with Crippen LogP contribution in [0.15, 0.2) is 18.2 Å². The van der Waals surface area contributed by atoms with Gasteiger partial charge >= 0.3 is 18.4 Å². The largest absolute Gasteiger partial charge is 0.573 e. The smallest absolute Gasteiger partial charge is 0.462 e. The van der Waals surface area contributed by atoms with E-state index in [4.69, 9.17) is 9.47 Å². The first kappa shape index (κ1) is 23.8. The summed E-state index contributed by atoms with van der Waals surface area (Å²) in [5, 5.41) is 0. The molecular formula is C20H27F3N2O5. The van der Waals surface area contributed by atoms with Gasteiger partial charge in [-0.25, -0.2) is 9.59 Å². The highest BCUT2D eigenvalue weighted by Crippen LogP contribution is 2.29. The molecule has 2 rings (SSSR count). The van der Waals surface area contributed by atoms with Crippen molar-refractivity contribution in [1.29, 1.82) is 0 Å². The van der Waals surface area contributed by atoms with E-state index >= 15 is 0 Å². The number of carbonyl (C=O) groups is 2. The average molecular weight is 432 g/mol. The van der Waals surface area contributed by atoms with E-state index in [2.05, 4.69) is 4.74 Å². The summed E-state index contributed by atoms with van der Waals surface area (Å²) in [5.41, 5.74) is -0.334. The second kappa shape index (κ2) is 9.55. The van der Waals surface area contributed by atoms with E-state index in [1.54, 1.807) is 32.6 Å². The average Bonchev–Trinajstić information content (AvgIpc) is 2.61. The Hall–Kier alpha value is -2.49. The van der Waals surface area contributed by atoms with E-state index in [-0.39, 0.29) is 24.3 Å². The van der Waals surface area contributed by atoms with E-state index in [1.807, 2.05) is 4.90 Å². The molecule has 168 valence electrons. The molecule has 1 aromatic rings. The number of hydrogen-bond acceptors (Lipinski definition) is 6. The van der Waals surface area contributed by atoms with Crippen molar-refractivity contribution in [2.24, 2.45) is 0 Å². The molecule has 30 heavy (non-hydrogen) atoms. The van der Waals surface area contributed by atoms with Crippen LogP contribution < -0.4 is 4.74 Å². The van der Waals surface area contributed by atoms with Crippen LogP contribution in [-0.2, 0) is 16.0 Å². The van der Waals surface area contributed by atoms with Gasteiger partial charge in [0.25, 0.3) is 0 Å². The monoisotopic (exact) mass is 432 g/mol. The van der Waals surface area contributed by atoms with Gasteiger partial charge in [0.2, 0.25) is 0 Å². The van der Waals surface area contributed by atoms with Gasteiger partial charge in [-0.3, -0.25) is 4.90 Å². The lowest BCUT2D eigenvalue weighted by Gasteiger charge is -2.35. The highest BCUT2D eigenvalue weighted by Gasteiger charge is 2.33. The van der Waals surface area contributed by atoms with Crippen LogP contribution in [0.4, 0.5) is 18.0 Å². The third-order valence-electron chi connectivity index (χ3n) is 4.22. The van der Waals surface area contributed by atoms with Gasteiger partial charge in [0.1, 0.15) is 11.4 Å². The fraction of sp³-hybridized carbons (Fsp3) is 0.600. The summed E-state index contributed by atoms with van der Waals surface area (Å²) in [5.74, 6) is -1.16. The number of rotatable bonds is 5. The molecule has 1 saturated heterocycles. The molecule has 1 amide bonds. The van der Waals surface area contributed by atoms with Crippen LogP contribution >= 0.6 is 0 Å². The first-order valence-corrected chi connectivity index (χ1v) is 9.64. The zero-order chi connectivity index (χ0) is 22.5. The van der Waals surface area contributed by atoms with Crippen molar-refractivity contribution < 1.29 is 37.0 Å². The van der Waals surface area contributed by atoms with Crippen LogP contribution in [0.1, 0.15) is 43.6 Å². The molecule has 1 fully saturated rings. The van der Waals surface area contributed by atoms with Crippen molar-refractivity contribution in [3.05, 3.63) is 29.3 Å². The highest BCUT2D eigenvalue weighted by molar-refractivity contribution is 5.90. The van der Waals surface area contributed by atoms with Gasteiger partial charge in [-0.1, -0.05) is 6.07 Å². The predicted molar refractivity (Wildman–Crippen MR) is 102 cm³/mol. The minimum atomic E-state index is -4.89. The van der Waals surface area contributed by atoms with Gasteiger partial charge in [-0.2, -0.15) is 0 Å². The van der Waals surface area contributed by atoms with E-state index in [0.717, 1.165) is 6.07 Å². The molecule has 0 radical (unpaired) electrons. The highest BCUT2D eigenvalue weighted by atomic mass is 19.4. The third kappa shape index (κ3) is 7.40. The summed E-state index contributed by atoms with van der Waals surface area (Å²) in [6, 6.07) is 3.87. The normalized spacial score (nSPS) is 15.6. The van der Waals surface area contributed by atoms with Crippen LogP contribution in [0.5, 0.6) is 5.75 Å². The number of amides is 1. The van der Waals surface area contributed by atoms with Crippen LogP contribution in [0.3, 0.4) is 0 Å². The Balaban J connectivity index is 2.07. The van der Waals surface area contributed by atoms with Crippen LogP contribution in [0, 0.1) is 0 Å². The predicted octanol–water partition coefficient (Wildman–Crippen LogP) is 3.81. The maximum Gasteiger partial charge on any atom is 0.573 e. The molecule has 0 N–H and O–H groups in total. The number of hydrogen-bond donors (Lipinski definition) is 0. The van der Waals surface area contributed by atoms with Gasteiger partial charge in [0, 0.05) is 38.3 Å². The molecule has 10 heteroatoms. The summed E-state index contributed by atoms with van der Waals surface area (Å²) in [7, 11) is 0. The molecular weight excluding hydrogens is 405 g/mol. The molecule has 0 bridgehead atoms. The Labute approximate surface area is 173 Å². The van der Waals surface area contributed by atoms with Gasteiger partial charge in [0.15, 0.2) is 0 Å². The maximum absolute atomic E-state index is 12.8. The van der Waals surface area contributed by atoms with E-state index in [1.165, 1.54) is 12.1 Å². The Kier molecular flexibility index (Phi) is 7.57. The molecule has 1 aliphatic heterocycles. The molecule has 7 nitrogen and oxygen atoms in total. The number of nitrogens with zero attached hydrogens (tertiary/aromatic N) is 2. The molecule has 0 atom stereocenters. The van der Waals surface area contributed by atoms with Crippen molar-refractivity contribution in [1.82, 2.24) is 9.80 Å². The Morgan fingerprint density at radius 2 is 1.70 bits per heavy atom. The Bertz CT molecular complexity index is 754. The standard InChI is InChI=1S/C20H27F3N2O5/c1-5-28-17(26)14-6-7-15(16(12-14)29-20(21,22)23)13-24-8-10-25(11-9-24)18(27)30-19(2,3)4/h6-7,12H,5,8-11,13H2,1-4H3. The van der Waals surface area contributed by atoms with Crippen molar-refractivity contribution in [3.63, 3.8) is 0 Å². The van der Waals surface area contributed by atoms with Gasteiger partial charge < -0.3 is 19.1 Å². The molecule has 0 unspecified atom stereocenters. The lowest BCUT2D eigenvalue weighted by Crippen LogP contribution is -2.49. The first-order valence-electron chi connectivity index (χ1n) is 9.64. The van der Waals surface area contributed by atoms with Crippen molar-refractivity contribution in [2.75, 3.05) is 32.8 Å². The molecule has 1 heterocycles. The summed E-state index contributed by atoms with van der Waals surface area (Å²) >= 11 is 0. The maximum atomic E-state index is 12.8. The molecule has 1 aliphatic rings. The van der Waals surface area contributed by atoms with E-state index in [0.29, 0.717) is 26.2 Å². The molecule has 0 spiro atoms.